The van der Waals surface area contributed by atoms with Crippen LogP contribution in [0.4, 0.5) is 15.4 Å². The number of rotatable bonds is 7. The average Bonchev–Trinajstić information content (AvgIpc) is 2.81. The second kappa shape index (κ2) is 11.6. The molecule has 1 aromatic rings. The van der Waals surface area contributed by atoms with Crippen LogP contribution in [0.25, 0.3) is 0 Å². The summed E-state index contributed by atoms with van der Waals surface area (Å²) < 4.78 is 9.90. The van der Waals surface area contributed by atoms with Crippen LogP contribution in [-0.2, 0) is 19.1 Å². The molecule has 1 aromatic heterocycles. The summed E-state index contributed by atoms with van der Waals surface area (Å²) in [6.45, 7) is 3.80. The Balaban J connectivity index is 1.70. The number of anilines is 1. The van der Waals surface area contributed by atoms with Gasteiger partial charge in [-0.05, 0) is 0 Å². The summed E-state index contributed by atoms with van der Waals surface area (Å²) in [7, 11) is 1.25. The minimum absolute atomic E-state index is 0.0747. The molecule has 2 aliphatic rings. The van der Waals surface area contributed by atoms with Gasteiger partial charge in [0.15, 0.2) is 0 Å². The standard InChI is InChI=1S/C22H30IN4O6/c1-4-33-20(29)18-17(23-15-10-11-24-16(12-15)26-22(31)32-3)19(28)27(18)21(30)25-13(2)14-8-6-5-7-9-14/h10-14,17-18H,4-9H2,1-3H3,(H,25,30)(H,24,26,31)/q-1/t13-,17-,18+/m1/s1. The fraction of sp³-hybridized carbons (Fsp3) is 0.591. The number of halogens is 1. The Morgan fingerprint density at radius 3 is 2.67 bits per heavy atom. The Morgan fingerprint density at radius 1 is 1.27 bits per heavy atom. The number of imide groups is 1. The van der Waals surface area contributed by atoms with Gasteiger partial charge >= 0.3 is 204 Å². The molecule has 1 aliphatic carbocycles. The van der Waals surface area contributed by atoms with Crippen molar-refractivity contribution in [2.24, 2.45) is 5.92 Å². The van der Waals surface area contributed by atoms with Gasteiger partial charge in [-0.15, -0.1) is 0 Å². The number of hydrogen-bond donors (Lipinski definition) is 2. The zero-order valence-corrected chi connectivity index (χ0v) is 21.2. The van der Waals surface area contributed by atoms with Crippen LogP contribution >= 0.6 is 0 Å². The third kappa shape index (κ3) is 6.12. The number of nitrogens with one attached hydrogen (secondary N) is 2. The van der Waals surface area contributed by atoms with E-state index in [1.165, 1.54) is 19.7 Å². The number of amides is 4. The molecule has 4 amide bonds. The predicted octanol–water partition coefficient (Wildman–Crippen LogP) is -0.661. The zero-order valence-electron chi connectivity index (χ0n) is 19.0. The van der Waals surface area contributed by atoms with Crippen molar-refractivity contribution < 1.29 is 49.9 Å². The summed E-state index contributed by atoms with van der Waals surface area (Å²) in [5.41, 5.74) is 0. The van der Waals surface area contributed by atoms with Gasteiger partial charge in [-0.3, -0.25) is 0 Å². The number of pyridine rings is 1. The number of carbonyl (C=O) groups excluding carboxylic acids is 4. The van der Waals surface area contributed by atoms with Crippen LogP contribution in [0.3, 0.4) is 0 Å². The van der Waals surface area contributed by atoms with Gasteiger partial charge in [0, 0.05) is 0 Å². The molecule has 1 saturated heterocycles. The maximum atomic E-state index is 13.0. The molecule has 2 N–H and O–H groups in total. The third-order valence-corrected chi connectivity index (χ3v) is 9.14. The Labute approximate surface area is 203 Å². The van der Waals surface area contributed by atoms with Crippen LogP contribution in [0.15, 0.2) is 18.3 Å². The molecule has 0 unspecified atom stereocenters. The van der Waals surface area contributed by atoms with E-state index in [0.29, 0.717) is 5.92 Å². The molecule has 2 heterocycles. The second-order valence-electron chi connectivity index (χ2n) is 8.03. The molecule has 3 rings (SSSR count). The Hall–Kier alpha value is -2.44. The Bertz CT molecular complexity index is 891. The number of β-lactam (4-membered cyclic amide) rings is 1. The van der Waals surface area contributed by atoms with E-state index in [1.54, 1.807) is 19.1 Å². The van der Waals surface area contributed by atoms with Crippen LogP contribution in [-0.4, -0.2) is 63.6 Å². The molecule has 1 saturated carbocycles. The summed E-state index contributed by atoms with van der Waals surface area (Å²) in [4.78, 5) is 55.1. The fourth-order valence-electron chi connectivity index (χ4n) is 4.09. The molecule has 3 atom stereocenters. The number of esters is 1. The van der Waals surface area contributed by atoms with Gasteiger partial charge in [-0.25, -0.2) is 0 Å². The average molecular weight is 573 g/mol. The number of methoxy groups -OCH3 is 1. The first-order valence-corrected chi connectivity index (χ1v) is 13.4. The van der Waals surface area contributed by atoms with Crippen molar-refractivity contribution in [1.29, 1.82) is 0 Å². The quantitative estimate of drug-likeness (QED) is 0.192. The van der Waals surface area contributed by atoms with E-state index in [-0.39, 0.29) is 24.4 Å². The first kappa shape index (κ1) is 25.2. The van der Waals surface area contributed by atoms with Crippen molar-refractivity contribution in [3.8, 4) is 0 Å². The third-order valence-electron chi connectivity index (χ3n) is 5.86. The Kier molecular flexibility index (Phi) is 8.87. The van der Waals surface area contributed by atoms with Crippen molar-refractivity contribution in [1.82, 2.24) is 15.2 Å². The number of alkyl halides is 1. The molecule has 0 spiro atoms. The molecule has 11 heteroatoms. The summed E-state index contributed by atoms with van der Waals surface area (Å²) in [6.07, 6.45) is 6.46. The monoisotopic (exact) mass is 573 g/mol. The number of ether oxygens (including phenoxy) is 2. The summed E-state index contributed by atoms with van der Waals surface area (Å²) in [5, 5.41) is 5.41. The number of likely N-dealkylation sites (tertiary alicyclic amines) is 1. The number of nitrogens with zero attached hydrogens (tertiary/aromatic N) is 2. The fourth-order valence-corrected chi connectivity index (χ4v) is 7.23. The predicted molar refractivity (Wildman–Crippen MR) is 115 cm³/mol. The van der Waals surface area contributed by atoms with E-state index in [1.807, 2.05) is 6.92 Å². The van der Waals surface area contributed by atoms with E-state index < -0.39 is 49.3 Å². The van der Waals surface area contributed by atoms with E-state index in [0.717, 1.165) is 34.2 Å². The Morgan fingerprint density at radius 2 is 2.00 bits per heavy atom. The molecule has 0 bridgehead atoms. The number of hydrogen-bond acceptors (Lipinski definition) is 7. The molecule has 33 heavy (non-hydrogen) atoms. The molecular weight excluding hydrogens is 543 g/mol. The van der Waals surface area contributed by atoms with Crippen LogP contribution in [0.2, 0.25) is 0 Å². The van der Waals surface area contributed by atoms with Gasteiger partial charge in [0.2, 0.25) is 0 Å². The van der Waals surface area contributed by atoms with Gasteiger partial charge < -0.3 is 0 Å². The van der Waals surface area contributed by atoms with Gasteiger partial charge in [0.25, 0.3) is 0 Å². The van der Waals surface area contributed by atoms with E-state index in [4.69, 9.17) is 4.74 Å². The van der Waals surface area contributed by atoms with Gasteiger partial charge in [0.05, 0.1) is 0 Å². The van der Waals surface area contributed by atoms with Crippen LogP contribution in [0.5, 0.6) is 0 Å². The van der Waals surface area contributed by atoms with Crippen LogP contribution < -0.4 is 31.8 Å². The molecule has 0 aromatic carbocycles. The molecule has 2 fully saturated rings. The first-order chi connectivity index (χ1) is 15.8. The number of carbonyl (C=O) groups is 4. The van der Waals surface area contributed by atoms with E-state index in [9.17, 15) is 19.2 Å². The number of aromatic nitrogens is 1. The topological polar surface area (TPSA) is 127 Å². The van der Waals surface area contributed by atoms with E-state index in [2.05, 4.69) is 20.4 Å². The molecule has 1 aliphatic heterocycles. The maximum absolute atomic E-state index is 13.0. The first-order valence-electron chi connectivity index (χ1n) is 11.1. The molecular formula is C22H30IN4O6-. The normalized spacial score (nSPS) is 21.7. The van der Waals surface area contributed by atoms with E-state index >= 15 is 0 Å². The van der Waals surface area contributed by atoms with Gasteiger partial charge in [-0.1, -0.05) is 0 Å². The van der Waals surface area contributed by atoms with Gasteiger partial charge in [0.1, 0.15) is 0 Å². The van der Waals surface area contributed by atoms with Crippen LogP contribution in [0.1, 0.15) is 46.0 Å². The number of urea groups is 1. The van der Waals surface area contributed by atoms with Crippen molar-refractivity contribution in [3.63, 3.8) is 0 Å². The van der Waals surface area contributed by atoms with Gasteiger partial charge in [-0.2, -0.15) is 0 Å². The van der Waals surface area contributed by atoms with Crippen molar-refractivity contribution in [2.75, 3.05) is 19.0 Å². The summed E-state index contributed by atoms with van der Waals surface area (Å²) in [5.74, 6) is -0.298. The molecule has 0 radical (unpaired) electrons. The van der Waals surface area contributed by atoms with Crippen molar-refractivity contribution in [3.05, 3.63) is 21.9 Å². The van der Waals surface area contributed by atoms with Crippen molar-refractivity contribution >= 4 is 29.8 Å². The molecule has 182 valence electrons. The molecule has 10 nitrogen and oxygen atoms in total. The summed E-state index contributed by atoms with van der Waals surface area (Å²) >= 11 is -1.01. The second-order valence-corrected chi connectivity index (χ2v) is 11.2. The van der Waals surface area contributed by atoms with Crippen molar-refractivity contribution in [2.45, 2.75) is 62.0 Å². The van der Waals surface area contributed by atoms with Crippen LogP contribution in [0, 0.1) is 9.49 Å². The SMILES string of the molecule is CCOC(=O)[C@@H]1[C@@H]([I-]c2ccnc(NC(=O)OC)c2)C(=O)N1C(=O)N[C@H](C)C1CCCCC1. The zero-order chi connectivity index (χ0) is 24.0. The summed E-state index contributed by atoms with van der Waals surface area (Å²) in [6, 6.07) is 1.81. The minimum atomic E-state index is -1.01.